The lowest BCUT2D eigenvalue weighted by Gasteiger charge is -2.40. The third-order valence-electron chi connectivity index (χ3n) is 5.19. The van der Waals surface area contributed by atoms with Crippen LogP contribution in [0.2, 0.25) is 5.02 Å². The number of ether oxygens (including phenoxy) is 2. The van der Waals surface area contributed by atoms with E-state index in [9.17, 15) is 15.3 Å². The van der Waals surface area contributed by atoms with Gasteiger partial charge in [0.15, 0.2) is 6.29 Å². The monoisotopic (exact) mass is 435 g/mol. The number of methoxy groups -OCH3 is 1. The summed E-state index contributed by atoms with van der Waals surface area (Å²) in [6.45, 7) is 1.87. The molecule has 0 saturated carbocycles. The zero-order valence-corrected chi connectivity index (χ0v) is 17.8. The van der Waals surface area contributed by atoms with E-state index in [1.165, 1.54) is 14.2 Å². The topological polar surface area (TPSA) is 101 Å². The number of halogens is 1. The molecule has 7 nitrogen and oxygen atoms in total. The number of aliphatic hydroxyl groups is 3. The third-order valence-corrected chi connectivity index (χ3v) is 5.56. The SMILES string of the molecule is CO/N=C(\C)c1ccc(Cc2cc([C@@H]3OC(OC)[C@@H](O)[C@H](O)[C@H]3O)ccc2Cl)cc1. The maximum absolute atomic E-state index is 10.4. The van der Waals surface area contributed by atoms with Crippen LogP contribution in [0.1, 0.15) is 35.3 Å². The second kappa shape index (κ2) is 9.87. The van der Waals surface area contributed by atoms with Crippen molar-refractivity contribution in [3.05, 3.63) is 69.7 Å². The van der Waals surface area contributed by atoms with E-state index in [4.69, 9.17) is 25.9 Å². The number of aliphatic hydroxyl groups excluding tert-OH is 3. The Morgan fingerprint density at radius 2 is 1.73 bits per heavy atom. The number of hydrogen-bond donors (Lipinski definition) is 3. The molecule has 1 unspecified atom stereocenters. The van der Waals surface area contributed by atoms with Gasteiger partial charge in [0.25, 0.3) is 0 Å². The largest absolute Gasteiger partial charge is 0.399 e. The fourth-order valence-electron chi connectivity index (χ4n) is 3.50. The first-order chi connectivity index (χ1) is 14.3. The summed E-state index contributed by atoms with van der Waals surface area (Å²) in [6, 6.07) is 13.2. The van der Waals surface area contributed by atoms with Crippen molar-refractivity contribution in [1.29, 1.82) is 0 Å². The van der Waals surface area contributed by atoms with E-state index in [2.05, 4.69) is 5.16 Å². The maximum Gasteiger partial charge on any atom is 0.186 e. The van der Waals surface area contributed by atoms with Crippen LogP contribution < -0.4 is 0 Å². The van der Waals surface area contributed by atoms with Crippen LogP contribution in [0.25, 0.3) is 0 Å². The molecule has 162 valence electrons. The lowest BCUT2D eigenvalue weighted by atomic mass is 9.92. The van der Waals surface area contributed by atoms with E-state index in [1.807, 2.05) is 37.3 Å². The summed E-state index contributed by atoms with van der Waals surface area (Å²) in [7, 11) is 2.87. The van der Waals surface area contributed by atoms with Gasteiger partial charge in [-0.25, -0.2) is 0 Å². The molecule has 0 bridgehead atoms. The molecule has 3 N–H and O–H groups in total. The van der Waals surface area contributed by atoms with Gasteiger partial charge in [0.1, 0.15) is 31.5 Å². The van der Waals surface area contributed by atoms with Gasteiger partial charge < -0.3 is 29.6 Å². The summed E-state index contributed by atoms with van der Waals surface area (Å²) >= 11 is 6.40. The normalized spacial score (nSPS) is 27.2. The minimum absolute atomic E-state index is 0.565. The predicted molar refractivity (Wildman–Crippen MR) is 113 cm³/mol. The van der Waals surface area contributed by atoms with Gasteiger partial charge in [-0.3, -0.25) is 0 Å². The van der Waals surface area contributed by atoms with E-state index < -0.39 is 30.7 Å². The molecule has 0 radical (unpaired) electrons. The van der Waals surface area contributed by atoms with Gasteiger partial charge in [-0.05, 0) is 41.7 Å². The average Bonchev–Trinajstić information content (AvgIpc) is 2.75. The van der Waals surface area contributed by atoms with Crippen LogP contribution in [0.5, 0.6) is 0 Å². The van der Waals surface area contributed by atoms with E-state index in [0.29, 0.717) is 17.0 Å². The van der Waals surface area contributed by atoms with E-state index in [1.54, 1.807) is 12.1 Å². The van der Waals surface area contributed by atoms with Crippen LogP contribution in [0.15, 0.2) is 47.6 Å². The molecule has 1 aliphatic heterocycles. The first kappa shape index (κ1) is 22.7. The molecule has 5 atom stereocenters. The van der Waals surface area contributed by atoms with E-state index >= 15 is 0 Å². The molecular weight excluding hydrogens is 410 g/mol. The molecule has 1 saturated heterocycles. The van der Waals surface area contributed by atoms with Crippen molar-refractivity contribution in [2.75, 3.05) is 14.2 Å². The Morgan fingerprint density at radius 3 is 2.37 bits per heavy atom. The van der Waals surface area contributed by atoms with Crippen molar-refractivity contribution in [2.45, 2.75) is 44.1 Å². The smallest absolute Gasteiger partial charge is 0.186 e. The number of oxime groups is 1. The average molecular weight is 436 g/mol. The highest BCUT2D eigenvalue weighted by molar-refractivity contribution is 6.31. The second-order valence-corrected chi connectivity index (χ2v) is 7.62. The molecule has 0 spiro atoms. The summed E-state index contributed by atoms with van der Waals surface area (Å²) in [4.78, 5) is 4.80. The Kier molecular flexibility index (Phi) is 7.46. The molecule has 0 amide bonds. The fourth-order valence-corrected chi connectivity index (χ4v) is 3.68. The van der Waals surface area contributed by atoms with Crippen LogP contribution >= 0.6 is 11.6 Å². The van der Waals surface area contributed by atoms with E-state index in [-0.39, 0.29) is 0 Å². The highest BCUT2D eigenvalue weighted by Crippen LogP contribution is 2.34. The van der Waals surface area contributed by atoms with Crippen molar-refractivity contribution in [3.63, 3.8) is 0 Å². The standard InChI is InChI=1S/C22H26ClNO6/c1-12(24-29-3)14-6-4-13(5-7-14)10-16-11-15(8-9-17(16)23)21-19(26)18(25)20(27)22(28-2)30-21/h4-9,11,18-22,25-27H,10H2,1-3H3/b24-12+/t18-,19-,20+,21+,22?/m1/s1. The summed E-state index contributed by atoms with van der Waals surface area (Å²) in [5, 5.41) is 35.0. The first-order valence-electron chi connectivity index (χ1n) is 9.53. The predicted octanol–water partition coefficient (Wildman–Crippen LogP) is 2.43. The van der Waals surface area contributed by atoms with Gasteiger partial charge in [0.2, 0.25) is 0 Å². The Hall–Kier alpha value is -2.00. The summed E-state index contributed by atoms with van der Waals surface area (Å²) < 4.78 is 10.8. The van der Waals surface area contributed by atoms with Crippen LogP contribution in [-0.4, -0.2) is 59.9 Å². The van der Waals surface area contributed by atoms with Gasteiger partial charge >= 0.3 is 0 Å². The maximum atomic E-state index is 10.4. The number of benzene rings is 2. The van der Waals surface area contributed by atoms with Crippen molar-refractivity contribution >= 4 is 17.3 Å². The minimum atomic E-state index is -1.39. The van der Waals surface area contributed by atoms with Crippen molar-refractivity contribution in [1.82, 2.24) is 0 Å². The van der Waals surface area contributed by atoms with Crippen molar-refractivity contribution in [3.8, 4) is 0 Å². The Balaban J connectivity index is 1.82. The highest BCUT2D eigenvalue weighted by Gasteiger charge is 2.44. The number of rotatable bonds is 6. The minimum Gasteiger partial charge on any atom is -0.399 e. The van der Waals surface area contributed by atoms with Gasteiger partial charge in [0.05, 0.1) is 5.71 Å². The van der Waals surface area contributed by atoms with Crippen LogP contribution in [-0.2, 0) is 20.7 Å². The van der Waals surface area contributed by atoms with Gasteiger partial charge in [0, 0.05) is 12.1 Å². The molecular formula is C22H26ClNO6. The molecule has 1 heterocycles. The van der Waals surface area contributed by atoms with E-state index in [0.717, 1.165) is 22.4 Å². The Morgan fingerprint density at radius 1 is 1.03 bits per heavy atom. The van der Waals surface area contributed by atoms with Crippen molar-refractivity contribution in [2.24, 2.45) is 5.16 Å². The van der Waals surface area contributed by atoms with Gasteiger partial charge in [-0.15, -0.1) is 0 Å². The zero-order chi connectivity index (χ0) is 21.8. The number of hydrogen-bond acceptors (Lipinski definition) is 7. The van der Waals surface area contributed by atoms with Gasteiger partial charge in [-0.2, -0.15) is 0 Å². The molecule has 8 heteroatoms. The Bertz CT molecular complexity index is 886. The lowest BCUT2D eigenvalue weighted by Crippen LogP contribution is -2.54. The molecule has 1 aliphatic rings. The number of nitrogens with zero attached hydrogens (tertiary/aromatic N) is 1. The lowest BCUT2D eigenvalue weighted by molar-refractivity contribution is -0.292. The molecule has 1 fully saturated rings. The molecule has 2 aromatic rings. The molecule has 2 aromatic carbocycles. The zero-order valence-electron chi connectivity index (χ0n) is 17.0. The third kappa shape index (κ3) is 4.83. The fraction of sp³-hybridized carbons (Fsp3) is 0.409. The van der Waals surface area contributed by atoms with Crippen molar-refractivity contribution < 1.29 is 29.6 Å². The first-order valence-corrected chi connectivity index (χ1v) is 9.91. The van der Waals surface area contributed by atoms with Crippen LogP contribution in [0.4, 0.5) is 0 Å². The second-order valence-electron chi connectivity index (χ2n) is 7.22. The summed E-state index contributed by atoms with van der Waals surface area (Å²) in [6.07, 6.45) is -5.37. The molecule has 0 aromatic heterocycles. The molecule has 0 aliphatic carbocycles. The van der Waals surface area contributed by atoms with Crippen LogP contribution in [0, 0.1) is 0 Å². The Labute approximate surface area is 180 Å². The highest BCUT2D eigenvalue weighted by atomic mass is 35.5. The quantitative estimate of drug-likeness (QED) is 0.476. The van der Waals surface area contributed by atoms with Gasteiger partial charge in [-0.1, -0.05) is 53.2 Å². The van der Waals surface area contributed by atoms with Crippen LogP contribution in [0.3, 0.4) is 0 Å². The summed E-state index contributed by atoms with van der Waals surface area (Å²) in [5.74, 6) is 0. The summed E-state index contributed by atoms with van der Waals surface area (Å²) in [5.41, 5.74) is 4.25. The molecule has 3 rings (SSSR count). The molecule has 30 heavy (non-hydrogen) atoms.